The number of nitrogens with zero attached hydrogens (tertiary/aromatic N) is 4. The summed E-state index contributed by atoms with van der Waals surface area (Å²) in [6.45, 7) is 0.677. The van der Waals surface area contributed by atoms with Crippen LogP contribution in [0.2, 0.25) is 0 Å². The third-order valence-corrected chi connectivity index (χ3v) is 1.31. The van der Waals surface area contributed by atoms with E-state index in [1.807, 2.05) is 0 Å². The quantitative estimate of drug-likeness (QED) is 0.483. The Bertz CT molecular complexity index is 236. The van der Waals surface area contributed by atoms with Gasteiger partial charge in [-0.05, 0) is 0 Å². The van der Waals surface area contributed by atoms with Crippen molar-refractivity contribution < 1.29 is 0 Å². The Balaban J connectivity index is 2.19. The summed E-state index contributed by atoms with van der Waals surface area (Å²) < 4.78 is 0. The fraction of sp³-hybridized carbons (Fsp3) is 0.333. The van der Waals surface area contributed by atoms with E-state index < -0.39 is 0 Å². The Hall–Kier alpha value is -1.32. The normalized spacial score (nSPS) is 22.6. The van der Waals surface area contributed by atoms with Crippen LogP contribution in [0.3, 0.4) is 0 Å². The van der Waals surface area contributed by atoms with Gasteiger partial charge in [0.25, 0.3) is 0 Å². The lowest BCUT2D eigenvalue weighted by atomic mass is 10.5. The average molecular weight is 134 g/mol. The molecule has 0 amide bonds. The summed E-state index contributed by atoms with van der Waals surface area (Å²) in [4.78, 5) is 16.2. The van der Waals surface area contributed by atoms with Gasteiger partial charge in [-0.2, -0.15) is 0 Å². The summed E-state index contributed by atoms with van der Waals surface area (Å²) in [6, 6.07) is 0. The van der Waals surface area contributed by atoms with Crippen LogP contribution < -0.4 is 0 Å². The maximum atomic E-state index is 4.08. The van der Waals surface area contributed by atoms with Crippen molar-refractivity contribution in [1.29, 1.82) is 0 Å². The average Bonchev–Trinajstić information content (AvgIpc) is 2.59. The van der Waals surface area contributed by atoms with E-state index in [1.54, 1.807) is 18.6 Å². The minimum atomic E-state index is -0.154. The lowest BCUT2D eigenvalue weighted by Crippen LogP contribution is -2.09. The fourth-order valence-corrected chi connectivity index (χ4v) is 0.870. The highest BCUT2D eigenvalue weighted by molar-refractivity contribution is 6.19. The van der Waals surface area contributed by atoms with E-state index in [4.69, 9.17) is 0 Å². The van der Waals surface area contributed by atoms with Crippen molar-refractivity contribution in [3.05, 3.63) is 0 Å². The van der Waals surface area contributed by atoms with Crippen LogP contribution in [-0.2, 0) is 0 Å². The molecule has 0 atom stereocenters. The first-order chi connectivity index (χ1) is 4.97. The van der Waals surface area contributed by atoms with Gasteiger partial charge in [0.15, 0.2) is 12.0 Å². The van der Waals surface area contributed by atoms with Crippen LogP contribution in [0.1, 0.15) is 0 Å². The topological polar surface area (TPSA) is 49.4 Å². The molecule has 4 nitrogen and oxygen atoms in total. The zero-order valence-corrected chi connectivity index (χ0v) is 5.31. The molecular weight excluding hydrogens is 128 g/mol. The standard InChI is InChI=1S/C6H6N4/c1-2-8-5(7-1)6-9-3-4-10-6/h1-3,5H,4H2. The van der Waals surface area contributed by atoms with Crippen molar-refractivity contribution in [2.45, 2.75) is 6.17 Å². The first-order valence-electron chi connectivity index (χ1n) is 3.08. The highest BCUT2D eigenvalue weighted by atomic mass is 15.1. The van der Waals surface area contributed by atoms with Gasteiger partial charge >= 0.3 is 0 Å². The first-order valence-corrected chi connectivity index (χ1v) is 3.08. The van der Waals surface area contributed by atoms with Crippen molar-refractivity contribution in [3.8, 4) is 0 Å². The van der Waals surface area contributed by atoms with Crippen LogP contribution in [0.15, 0.2) is 20.0 Å². The molecule has 2 aliphatic rings. The molecule has 0 bridgehead atoms. The molecule has 0 aliphatic carbocycles. The largest absolute Gasteiger partial charge is 0.261 e. The predicted octanol–water partition coefficient (Wildman–Crippen LogP) is -0.0494. The monoisotopic (exact) mass is 134 g/mol. The Morgan fingerprint density at radius 2 is 2.10 bits per heavy atom. The van der Waals surface area contributed by atoms with E-state index in [-0.39, 0.29) is 6.17 Å². The van der Waals surface area contributed by atoms with Gasteiger partial charge in [-0.1, -0.05) is 0 Å². The first kappa shape index (κ1) is 5.46. The number of aliphatic imine (C=N–C) groups is 4. The van der Waals surface area contributed by atoms with Crippen molar-refractivity contribution >= 4 is 24.5 Å². The third kappa shape index (κ3) is 0.775. The highest BCUT2D eigenvalue weighted by Crippen LogP contribution is 2.04. The smallest absolute Gasteiger partial charge is 0.198 e. The Morgan fingerprint density at radius 1 is 1.30 bits per heavy atom. The van der Waals surface area contributed by atoms with E-state index in [2.05, 4.69) is 20.0 Å². The van der Waals surface area contributed by atoms with E-state index >= 15 is 0 Å². The van der Waals surface area contributed by atoms with Gasteiger partial charge in [0, 0.05) is 18.6 Å². The summed E-state index contributed by atoms with van der Waals surface area (Å²) in [7, 11) is 0. The molecule has 2 aliphatic heterocycles. The molecule has 2 heterocycles. The van der Waals surface area contributed by atoms with Crippen LogP contribution in [0, 0.1) is 0 Å². The Labute approximate surface area is 58.1 Å². The maximum Gasteiger partial charge on any atom is 0.198 e. The molecule has 50 valence electrons. The second-order valence-electron chi connectivity index (χ2n) is 1.98. The van der Waals surface area contributed by atoms with Gasteiger partial charge in [0.2, 0.25) is 0 Å². The molecule has 10 heavy (non-hydrogen) atoms. The Morgan fingerprint density at radius 3 is 2.70 bits per heavy atom. The van der Waals surface area contributed by atoms with E-state index in [0.29, 0.717) is 6.54 Å². The molecule has 0 fully saturated rings. The zero-order valence-electron chi connectivity index (χ0n) is 5.31. The van der Waals surface area contributed by atoms with E-state index in [1.165, 1.54) is 0 Å². The van der Waals surface area contributed by atoms with E-state index in [0.717, 1.165) is 5.84 Å². The summed E-state index contributed by atoms with van der Waals surface area (Å²) in [5.74, 6) is 0.727. The molecule has 2 rings (SSSR count). The molecule has 0 aromatic heterocycles. The molecule has 0 N–H and O–H groups in total. The van der Waals surface area contributed by atoms with Crippen LogP contribution in [0.5, 0.6) is 0 Å². The molecule has 4 heteroatoms. The van der Waals surface area contributed by atoms with Gasteiger partial charge < -0.3 is 0 Å². The van der Waals surface area contributed by atoms with Crippen molar-refractivity contribution in [3.63, 3.8) is 0 Å². The molecular formula is C6H6N4. The van der Waals surface area contributed by atoms with Crippen LogP contribution >= 0.6 is 0 Å². The molecule has 0 spiro atoms. The van der Waals surface area contributed by atoms with Gasteiger partial charge in [-0.3, -0.25) is 15.0 Å². The minimum absolute atomic E-state index is 0.154. The number of hydrogen-bond acceptors (Lipinski definition) is 4. The third-order valence-electron chi connectivity index (χ3n) is 1.31. The van der Waals surface area contributed by atoms with Gasteiger partial charge in [-0.25, -0.2) is 4.99 Å². The maximum absolute atomic E-state index is 4.08. The lowest BCUT2D eigenvalue weighted by Gasteiger charge is -1.97. The zero-order chi connectivity index (χ0) is 6.81. The Kier molecular flexibility index (Phi) is 1.16. The summed E-state index contributed by atoms with van der Waals surface area (Å²) >= 11 is 0. The molecule has 0 aromatic rings. The number of rotatable bonds is 1. The number of amidine groups is 1. The summed E-state index contributed by atoms with van der Waals surface area (Å²) in [6.07, 6.45) is 4.94. The molecule has 0 unspecified atom stereocenters. The predicted molar refractivity (Wildman–Crippen MR) is 41.6 cm³/mol. The van der Waals surface area contributed by atoms with Gasteiger partial charge in [0.1, 0.15) is 0 Å². The second kappa shape index (κ2) is 2.13. The molecule has 0 saturated heterocycles. The van der Waals surface area contributed by atoms with Crippen LogP contribution in [0.4, 0.5) is 0 Å². The van der Waals surface area contributed by atoms with E-state index in [9.17, 15) is 0 Å². The molecule has 0 radical (unpaired) electrons. The van der Waals surface area contributed by atoms with Crippen molar-refractivity contribution in [2.75, 3.05) is 6.54 Å². The molecule has 0 aromatic carbocycles. The van der Waals surface area contributed by atoms with Crippen molar-refractivity contribution in [2.24, 2.45) is 20.0 Å². The van der Waals surface area contributed by atoms with Crippen molar-refractivity contribution in [1.82, 2.24) is 0 Å². The number of hydrogen-bond donors (Lipinski definition) is 0. The highest BCUT2D eigenvalue weighted by Gasteiger charge is 2.14. The van der Waals surface area contributed by atoms with Crippen LogP contribution in [-0.4, -0.2) is 37.2 Å². The van der Waals surface area contributed by atoms with Gasteiger partial charge in [-0.15, -0.1) is 0 Å². The summed E-state index contributed by atoms with van der Waals surface area (Å²) in [5, 5.41) is 0. The van der Waals surface area contributed by atoms with Gasteiger partial charge in [0.05, 0.1) is 6.54 Å². The fourth-order valence-electron chi connectivity index (χ4n) is 0.870. The molecule has 0 saturated carbocycles. The second-order valence-corrected chi connectivity index (χ2v) is 1.98. The lowest BCUT2D eigenvalue weighted by molar-refractivity contribution is 0.942. The summed E-state index contributed by atoms with van der Waals surface area (Å²) in [5.41, 5.74) is 0. The van der Waals surface area contributed by atoms with Crippen LogP contribution in [0.25, 0.3) is 0 Å². The SMILES string of the molecule is C1=NC(C2N=CC=N2)=NC1. The minimum Gasteiger partial charge on any atom is -0.261 e.